The summed E-state index contributed by atoms with van der Waals surface area (Å²) in [5.41, 5.74) is 6.22. The van der Waals surface area contributed by atoms with Crippen molar-refractivity contribution in [1.82, 2.24) is 4.72 Å². The van der Waals surface area contributed by atoms with Crippen molar-refractivity contribution in [3.05, 3.63) is 53.8 Å². The van der Waals surface area contributed by atoms with Gasteiger partial charge in [-0.2, -0.15) is 4.72 Å². The monoisotopic (exact) mass is 308 g/mol. The Kier molecular flexibility index (Phi) is 3.30. The molecule has 3 rings (SSSR count). The number of fused-ring (bicyclic) bond motifs is 1. The lowest BCUT2D eigenvalue weighted by Crippen LogP contribution is -2.30. The van der Waals surface area contributed by atoms with Crippen LogP contribution in [0, 0.1) is 5.82 Å². The first-order valence-corrected chi connectivity index (χ1v) is 7.75. The third-order valence-corrected chi connectivity index (χ3v) is 4.80. The second-order valence-electron chi connectivity index (χ2n) is 4.70. The zero-order chi connectivity index (χ0) is 15.0. The van der Waals surface area contributed by atoms with E-state index in [9.17, 15) is 12.8 Å². The molecule has 0 amide bonds. The SMILES string of the molecule is Nc1cc(F)ccc1S(=O)(=O)NC1COc2ccccc21. The third-order valence-electron chi connectivity index (χ3n) is 3.26. The number of benzene rings is 2. The fourth-order valence-electron chi connectivity index (χ4n) is 2.28. The van der Waals surface area contributed by atoms with Crippen LogP contribution < -0.4 is 15.2 Å². The summed E-state index contributed by atoms with van der Waals surface area (Å²) in [5.74, 6) is 0.0678. The molecule has 0 aliphatic carbocycles. The van der Waals surface area contributed by atoms with Gasteiger partial charge in [0.05, 0.1) is 11.7 Å². The summed E-state index contributed by atoms with van der Waals surface area (Å²) in [6.45, 7) is 0.208. The Balaban J connectivity index is 1.91. The second kappa shape index (κ2) is 5.01. The van der Waals surface area contributed by atoms with Gasteiger partial charge in [0.1, 0.15) is 23.1 Å². The van der Waals surface area contributed by atoms with Crippen LogP contribution in [0.2, 0.25) is 0 Å². The second-order valence-corrected chi connectivity index (χ2v) is 6.39. The minimum atomic E-state index is -3.86. The summed E-state index contributed by atoms with van der Waals surface area (Å²) in [6, 6.07) is 9.89. The van der Waals surface area contributed by atoms with E-state index in [1.54, 1.807) is 18.2 Å². The van der Waals surface area contributed by atoms with Gasteiger partial charge in [0.15, 0.2) is 0 Å². The zero-order valence-corrected chi connectivity index (χ0v) is 11.7. The maximum Gasteiger partial charge on any atom is 0.243 e. The van der Waals surface area contributed by atoms with E-state index in [4.69, 9.17) is 10.5 Å². The largest absolute Gasteiger partial charge is 0.491 e. The van der Waals surface area contributed by atoms with Crippen LogP contribution >= 0.6 is 0 Å². The van der Waals surface area contributed by atoms with Gasteiger partial charge in [-0.1, -0.05) is 18.2 Å². The molecule has 3 N–H and O–H groups in total. The molecule has 7 heteroatoms. The molecule has 110 valence electrons. The highest BCUT2D eigenvalue weighted by Crippen LogP contribution is 2.33. The average molecular weight is 308 g/mol. The van der Waals surface area contributed by atoms with Crippen LogP contribution in [0.15, 0.2) is 47.4 Å². The van der Waals surface area contributed by atoms with E-state index in [1.165, 1.54) is 0 Å². The molecule has 5 nitrogen and oxygen atoms in total. The first-order chi connectivity index (χ1) is 9.97. The smallest absolute Gasteiger partial charge is 0.243 e. The number of nitrogens with one attached hydrogen (secondary N) is 1. The number of ether oxygens (including phenoxy) is 1. The van der Waals surface area contributed by atoms with Gasteiger partial charge in [-0.25, -0.2) is 12.8 Å². The summed E-state index contributed by atoms with van der Waals surface area (Å²) in [6.07, 6.45) is 0. The van der Waals surface area contributed by atoms with Crippen LogP contribution in [0.25, 0.3) is 0 Å². The van der Waals surface area contributed by atoms with Gasteiger partial charge in [-0.3, -0.25) is 0 Å². The molecule has 1 unspecified atom stereocenters. The van der Waals surface area contributed by atoms with Crippen molar-refractivity contribution in [1.29, 1.82) is 0 Å². The molecule has 0 aromatic heterocycles. The molecule has 1 atom stereocenters. The van der Waals surface area contributed by atoms with Gasteiger partial charge in [-0.05, 0) is 24.3 Å². The lowest BCUT2D eigenvalue weighted by Gasteiger charge is -2.13. The number of anilines is 1. The van der Waals surface area contributed by atoms with Crippen LogP contribution in [-0.4, -0.2) is 15.0 Å². The quantitative estimate of drug-likeness (QED) is 0.848. The van der Waals surface area contributed by atoms with Gasteiger partial charge >= 0.3 is 0 Å². The highest BCUT2D eigenvalue weighted by molar-refractivity contribution is 7.89. The molecule has 1 aliphatic heterocycles. The molecular weight excluding hydrogens is 295 g/mol. The van der Waals surface area contributed by atoms with E-state index in [2.05, 4.69) is 4.72 Å². The van der Waals surface area contributed by atoms with Crippen LogP contribution in [0.1, 0.15) is 11.6 Å². The van der Waals surface area contributed by atoms with E-state index in [0.29, 0.717) is 5.75 Å². The van der Waals surface area contributed by atoms with Crippen LogP contribution in [0.5, 0.6) is 5.75 Å². The van der Waals surface area contributed by atoms with Gasteiger partial charge in [0, 0.05) is 5.56 Å². The molecular formula is C14H13FN2O3S. The summed E-state index contributed by atoms with van der Waals surface area (Å²) >= 11 is 0. The fraction of sp³-hybridized carbons (Fsp3) is 0.143. The van der Waals surface area contributed by atoms with Crippen molar-refractivity contribution in [3.63, 3.8) is 0 Å². The minimum Gasteiger partial charge on any atom is -0.491 e. The topological polar surface area (TPSA) is 81.4 Å². The standard InChI is InChI=1S/C14H13FN2O3S/c15-9-5-6-14(11(16)7-9)21(18,19)17-12-8-20-13-4-2-1-3-10(12)13/h1-7,12,17H,8,16H2. The minimum absolute atomic E-state index is 0.130. The normalized spacial score (nSPS) is 17.3. The number of nitrogen functional groups attached to an aromatic ring is 1. The number of para-hydroxylation sites is 1. The molecule has 1 aliphatic rings. The Morgan fingerprint density at radius 3 is 2.76 bits per heavy atom. The van der Waals surface area contributed by atoms with Crippen LogP contribution in [0.3, 0.4) is 0 Å². The van der Waals surface area contributed by atoms with Gasteiger partial charge in [-0.15, -0.1) is 0 Å². The maximum atomic E-state index is 13.0. The van der Waals surface area contributed by atoms with Gasteiger partial charge < -0.3 is 10.5 Å². The summed E-state index contributed by atoms with van der Waals surface area (Å²) in [4.78, 5) is -0.145. The number of hydrogen-bond donors (Lipinski definition) is 2. The number of halogens is 1. The van der Waals surface area contributed by atoms with Gasteiger partial charge in [0.2, 0.25) is 10.0 Å². The summed E-state index contributed by atoms with van der Waals surface area (Å²) in [7, 11) is -3.86. The highest BCUT2D eigenvalue weighted by atomic mass is 32.2. The molecule has 0 bridgehead atoms. The Bertz CT molecular complexity index is 793. The van der Waals surface area contributed by atoms with E-state index in [1.807, 2.05) is 6.07 Å². The third kappa shape index (κ3) is 2.57. The summed E-state index contributed by atoms with van der Waals surface area (Å²) in [5, 5.41) is 0. The van der Waals surface area contributed by atoms with Crippen molar-refractivity contribution in [2.45, 2.75) is 10.9 Å². The van der Waals surface area contributed by atoms with Gasteiger partial charge in [0.25, 0.3) is 0 Å². The number of rotatable bonds is 3. The van der Waals surface area contributed by atoms with Crippen LogP contribution in [-0.2, 0) is 10.0 Å². The fourth-order valence-corrected chi connectivity index (χ4v) is 3.59. The van der Waals surface area contributed by atoms with Crippen molar-refractivity contribution >= 4 is 15.7 Å². The molecule has 0 saturated heterocycles. The Morgan fingerprint density at radius 2 is 2.00 bits per heavy atom. The van der Waals surface area contributed by atoms with Crippen molar-refractivity contribution < 1.29 is 17.5 Å². The zero-order valence-electron chi connectivity index (χ0n) is 10.9. The molecule has 2 aromatic rings. The molecule has 21 heavy (non-hydrogen) atoms. The molecule has 0 radical (unpaired) electrons. The first kappa shape index (κ1) is 13.8. The van der Waals surface area contributed by atoms with Crippen molar-refractivity contribution in [2.24, 2.45) is 0 Å². The Hall–Kier alpha value is -2.12. The lowest BCUT2D eigenvalue weighted by atomic mass is 10.1. The van der Waals surface area contributed by atoms with E-state index in [-0.39, 0.29) is 17.2 Å². The molecule has 0 fully saturated rings. The highest BCUT2D eigenvalue weighted by Gasteiger charge is 2.29. The maximum absolute atomic E-state index is 13.0. The Morgan fingerprint density at radius 1 is 1.24 bits per heavy atom. The number of hydrogen-bond acceptors (Lipinski definition) is 4. The molecule has 0 saturated carbocycles. The summed E-state index contributed by atoms with van der Waals surface area (Å²) < 4.78 is 45.7. The van der Waals surface area contributed by atoms with Crippen molar-refractivity contribution in [2.75, 3.05) is 12.3 Å². The predicted molar refractivity (Wildman–Crippen MR) is 75.8 cm³/mol. The molecule has 0 spiro atoms. The Labute approximate surface area is 121 Å². The molecule has 2 aromatic carbocycles. The number of nitrogens with two attached hydrogens (primary N) is 1. The van der Waals surface area contributed by atoms with Crippen molar-refractivity contribution in [3.8, 4) is 5.75 Å². The van der Waals surface area contributed by atoms with E-state index in [0.717, 1.165) is 23.8 Å². The number of sulfonamides is 1. The molecule has 1 heterocycles. The average Bonchev–Trinajstić information content (AvgIpc) is 2.81. The lowest BCUT2D eigenvalue weighted by molar-refractivity contribution is 0.325. The van der Waals surface area contributed by atoms with Crippen LogP contribution in [0.4, 0.5) is 10.1 Å². The van der Waals surface area contributed by atoms with E-state index >= 15 is 0 Å². The first-order valence-electron chi connectivity index (χ1n) is 6.26. The predicted octanol–water partition coefficient (Wildman–Crippen LogP) is 1.82. The van der Waals surface area contributed by atoms with E-state index < -0.39 is 21.9 Å².